The van der Waals surface area contributed by atoms with Crippen LogP contribution < -0.4 is 0 Å². The average molecular weight is 234 g/mol. The maximum absolute atomic E-state index is 4.27. The summed E-state index contributed by atoms with van der Waals surface area (Å²) in [4.78, 5) is 0. The van der Waals surface area contributed by atoms with Crippen molar-refractivity contribution in [2.75, 3.05) is 0 Å². The predicted octanol–water partition coefficient (Wildman–Crippen LogP) is 5.75. The molecule has 0 spiro atoms. The molecule has 0 aromatic rings. The summed E-state index contributed by atoms with van der Waals surface area (Å²) in [5, 5.41) is 0. The Labute approximate surface area is 108 Å². The van der Waals surface area contributed by atoms with E-state index >= 15 is 0 Å². The van der Waals surface area contributed by atoms with Gasteiger partial charge in [-0.25, -0.2) is 0 Å². The zero-order valence-electron chi connectivity index (χ0n) is 12.3. The SMILES string of the molecule is C=C(CC(C)CC)C(C)CCC(C)=CC1CC1. The van der Waals surface area contributed by atoms with Crippen LogP contribution in [0.25, 0.3) is 0 Å². The standard InChI is InChI=1S/C17H30/c1-6-13(2)11-16(5)15(4)8-7-14(3)12-17-9-10-17/h12-13,15,17H,5-11H2,1-4H3. The molecule has 1 saturated carbocycles. The van der Waals surface area contributed by atoms with Gasteiger partial charge in [-0.2, -0.15) is 0 Å². The first-order valence-corrected chi connectivity index (χ1v) is 7.37. The molecule has 0 aliphatic heterocycles. The first-order valence-electron chi connectivity index (χ1n) is 7.37. The van der Waals surface area contributed by atoms with E-state index in [2.05, 4.69) is 40.3 Å². The lowest BCUT2D eigenvalue weighted by Crippen LogP contribution is -2.03. The zero-order valence-corrected chi connectivity index (χ0v) is 12.3. The number of rotatable bonds is 8. The van der Waals surface area contributed by atoms with Crippen molar-refractivity contribution in [3.8, 4) is 0 Å². The summed E-state index contributed by atoms with van der Waals surface area (Å²) in [5.74, 6) is 2.41. The fraction of sp³-hybridized carbons (Fsp3) is 0.765. The van der Waals surface area contributed by atoms with Crippen molar-refractivity contribution in [3.05, 3.63) is 23.8 Å². The topological polar surface area (TPSA) is 0 Å². The summed E-state index contributed by atoms with van der Waals surface area (Å²) in [5.41, 5.74) is 3.05. The van der Waals surface area contributed by atoms with Gasteiger partial charge in [-0.3, -0.25) is 0 Å². The third-order valence-electron chi connectivity index (χ3n) is 4.12. The van der Waals surface area contributed by atoms with Crippen LogP contribution in [0.15, 0.2) is 23.8 Å². The van der Waals surface area contributed by atoms with Gasteiger partial charge in [-0.1, -0.05) is 51.0 Å². The summed E-state index contributed by atoms with van der Waals surface area (Å²) in [6, 6.07) is 0. The van der Waals surface area contributed by atoms with Crippen LogP contribution in [0, 0.1) is 17.8 Å². The van der Waals surface area contributed by atoms with Crippen molar-refractivity contribution in [1.29, 1.82) is 0 Å². The average Bonchev–Trinajstić information content (AvgIpc) is 3.09. The van der Waals surface area contributed by atoms with Crippen LogP contribution in [0.2, 0.25) is 0 Å². The van der Waals surface area contributed by atoms with Crippen molar-refractivity contribution in [1.82, 2.24) is 0 Å². The minimum absolute atomic E-state index is 0.687. The summed E-state index contributed by atoms with van der Waals surface area (Å²) in [7, 11) is 0. The second-order valence-corrected chi connectivity index (χ2v) is 6.17. The molecule has 0 bridgehead atoms. The van der Waals surface area contributed by atoms with E-state index in [9.17, 15) is 0 Å². The van der Waals surface area contributed by atoms with Gasteiger partial charge in [0.05, 0.1) is 0 Å². The Morgan fingerprint density at radius 1 is 1.35 bits per heavy atom. The highest BCUT2D eigenvalue weighted by atomic mass is 14.2. The number of hydrogen-bond acceptors (Lipinski definition) is 0. The lowest BCUT2D eigenvalue weighted by atomic mass is 9.88. The molecule has 0 heterocycles. The van der Waals surface area contributed by atoms with Gasteiger partial charge in [-0.05, 0) is 56.8 Å². The van der Waals surface area contributed by atoms with E-state index in [1.807, 2.05) is 0 Å². The van der Waals surface area contributed by atoms with E-state index in [1.165, 1.54) is 44.1 Å². The van der Waals surface area contributed by atoms with Gasteiger partial charge in [0.25, 0.3) is 0 Å². The molecule has 1 aliphatic rings. The molecule has 17 heavy (non-hydrogen) atoms. The maximum atomic E-state index is 4.27. The second kappa shape index (κ2) is 7.03. The fourth-order valence-electron chi connectivity index (χ4n) is 2.19. The number of allylic oxidation sites excluding steroid dienone is 3. The van der Waals surface area contributed by atoms with Gasteiger partial charge in [0, 0.05) is 0 Å². The summed E-state index contributed by atoms with van der Waals surface area (Å²) in [6.45, 7) is 13.5. The third-order valence-corrected chi connectivity index (χ3v) is 4.12. The zero-order chi connectivity index (χ0) is 12.8. The van der Waals surface area contributed by atoms with Crippen LogP contribution in [-0.2, 0) is 0 Å². The normalized spacial score (nSPS) is 20.1. The molecule has 1 aliphatic carbocycles. The predicted molar refractivity (Wildman–Crippen MR) is 78.1 cm³/mol. The highest BCUT2D eigenvalue weighted by molar-refractivity contribution is 5.07. The third kappa shape index (κ3) is 6.10. The van der Waals surface area contributed by atoms with Gasteiger partial charge in [-0.15, -0.1) is 0 Å². The van der Waals surface area contributed by atoms with Gasteiger partial charge < -0.3 is 0 Å². The first-order chi connectivity index (χ1) is 8.02. The van der Waals surface area contributed by atoms with E-state index < -0.39 is 0 Å². The minimum Gasteiger partial charge on any atom is -0.0996 e. The van der Waals surface area contributed by atoms with Crippen LogP contribution in [0.3, 0.4) is 0 Å². The van der Waals surface area contributed by atoms with E-state index in [0.717, 1.165) is 11.8 Å². The first kappa shape index (κ1) is 14.5. The lowest BCUT2D eigenvalue weighted by molar-refractivity contribution is 0.501. The largest absolute Gasteiger partial charge is 0.0996 e. The Kier molecular flexibility index (Phi) is 6.02. The van der Waals surface area contributed by atoms with E-state index in [-0.39, 0.29) is 0 Å². The lowest BCUT2D eigenvalue weighted by Gasteiger charge is -2.18. The van der Waals surface area contributed by atoms with Gasteiger partial charge in [0.1, 0.15) is 0 Å². The fourth-order valence-corrected chi connectivity index (χ4v) is 2.19. The Morgan fingerprint density at radius 2 is 2.00 bits per heavy atom. The molecule has 1 rings (SSSR count). The van der Waals surface area contributed by atoms with Crippen LogP contribution in [0.1, 0.15) is 66.2 Å². The molecule has 0 aromatic heterocycles. The minimum atomic E-state index is 0.687. The molecule has 0 amide bonds. The van der Waals surface area contributed by atoms with Crippen molar-refractivity contribution in [2.45, 2.75) is 66.2 Å². The second-order valence-electron chi connectivity index (χ2n) is 6.17. The van der Waals surface area contributed by atoms with E-state index in [1.54, 1.807) is 5.57 Å². The van der Waals surface area contributed by atoms with Gasteiger partial charge in [0.15, 0.2) is 0 Å². The molecule has 0 aromatic carbocycles. The van der Waals surface area contributed by atoms with E-state index in [4.69, 9.17) is 0 Å². The summed E-state index contributed by atoms with van der Waals surface area (Å²) < 4.78 is 0. The highest BCUT2D eigenvalue weighted by Gasteiger charge is 2.18. The maximum Gasteiger partial charge on any atom is -0.0231 e. The van der Waals surface area contributed by atoms with Crippen molar-refractivity contribution in [3.63, 3.8) is 0 Å². The Balaban J connectivity index is 2.23. The van der Waals surface area contributed by atoms with Crippen LogP contribution in [0.5, 0.6) is 0 Å². The van der Waals surface area contributed by atoms with Crippen molar-refractivity contribution < 1.29 is 0 Å². The molecule has 0 heteroatoms. The van der Waals surface area contributed by atoms with Gasteiger partial charge >= 0.3 is 0 Å². The van der Waals surface area contributed by atoms with Gasteiger partial charge in [0.2, 0.25) is 0 Å². The molecule has 0 nitrogen and oxygen atoms in total. The van der Waals surface area contributed by atoms with Crippen molar-refractivity contribution >= 4 is 0 Å². The molecule has 1 fully saturated rings. The monoisotopic (exact) mass is 234 g/mol. The van der Waals surface area contributed by atoms with Crippen LogP contribution in [-0.4, -0.2) is 0 Å². The van der Waals surface area contributed by atoms with Crippen molar-refractivity contribution in [2.24, 2.45) is 17.8 Å². The molecular formula is C17H30. The van der Waals surface area contributed by atoms with Crippen LogP contribution in [0.4, 0.5) is 0 Å². The smallest absolute Gasteiger partial charge is 0.0231 e. The van der Waals surface area contributed by atoms with Crippen LogP contribution >= 0.6 is 0 Å². The Hall–Kier alpha value is -0.520. The molecule has 2 atom stereocenters. The summed E-state index contributed by atoms with van der Waals surface area (Å²) in [6.07, 6.45) is 10.4. The molecular weight excluding hydrogens is 204 g/mol. The quantitative estimate of drug-likeness (QED) is 0.469. The summed E-state index contributed by atoms with van der Waals surface area (Å²) >= 11 is 0. The molecule has 0 saturated heterocycles. The molecule has 98 valence electrons. The molecule has 0 N–H and O–H groups in total. The van der Waals surface area contributed by atoms with E-state index in [0.29, 0.717) is 5.92 Å². The molecule has 0 radical (unpaired) electrons. The molecule has 2 unspecified atom stereocenters. The number of hydrogen-bond donors (Lipinski definition) is 0. The Bertz CT molecular complexity index is 268. The Morgan fingerprint density at radius 3 is 2.53 bits per heavy atom. The highest BCUT2D eigenvalue weighted by Crippen LogP contribution is 2.32.